The van der Waals surface area contributed by atoms with Gasteiger partial charge in [-0.25, -0.2) is 4.98 Å². The molecule has 22 heavy (non-hydrogen) atoms. The van der Waals surface area contributed by atoms with Crippen LogP contribution < -0.4 is 4.90 Å². The van der Waals surface area contributed by atoms with E-state index in [9.17, 15) is 5.26 Å². The highest BCUT2D eigenvalue weighted by Crippen LogP contribution is 2.37. The molecule has 1 saturated heterocycles. The van der Waals surface area contributed by atoms with Gasteiger partial charge < -0.3 is 4.90 Å². The second-order valence-electron chi connectivity index (χ2n) is 6.45. The molecule has 0 bridgehead atoms. The van der Waals surface area contributed by atoms with Gasteiger partial charge in [-0.3, -0.25) is 0 Å². The Kier molecular flexibility index (Phi) is 4.11. The first kappa shape index (κ1) is 14.6. The molecule has 1 atom stereocenters. The topological polar surface area (TPSA) is 39.9 Å². The zero-order valence-corrected chi connectivity index (χ0v) is 13.0. The maximum Gasteiger partial charge on any atom is 0.146 e. The van der Waals surface area contributed by atoms with E-state index in [1.165, 1.54) is 12.0 Å². The predicted molar refractivity (Wildman–Crippen MR) is 88.7 cm³/mol. The lowest BCUT2D eigenvalue weighted by molar-refractivity contribution is 0.339. The molecule has 0 amide bonds. The Labute approximate surface area is 132 Å². The van der Waals surface area contributed by atoms with E-state index in [1.807, 2.05) is 12.1 Å². The smallest absolute Gasteiger partial charge is 0.146 e. The van der Waals surface area contributed by atoms with Gasteiger partial charge in [-0.1, -0.05) is 37.3 Å². The van der Waals surface area contributed by atoms with E-state index in [-0.39, 0.29) is 0 Å². The molecule has 1 aromatic carbocycles. The molecule has 0 radical (unpaired) electrons. The first-order valence-corrected chi connectivity index (χ1v) is 7.84. The van der Waals surface area contributed by atoms with Crippen LogP contribution in [0.5, 0.6) is 0 Å². The third-order valence-electron chi connectivity index (χ3n) is 4.62. The molecular weight excluding hydrogens is 270 g/mol. The predicted octanol–water partition coefficient (Wildman–Crippen LogP) is 3.80. The third-order valence-corrected chi connectivity index (χ3v) is 4.62. The van der Waals surface area contributed by atoms with Crippen molar-refractivity contribution >= 4 is 5.82 Å². The van der Waals surface area contributed by atoms with E-state index in [1.54, 1.807) is 6.20 Å². The van der Waals surface area contributed by atoms with Crippen LogP contribution >= 0.6 is 0 Å². The van der Waals surface area contributed by atoms with Crippen LogP contribution in [0, 0.1) is 16.7 Å². The Morgan fingerprint density at radius 3 is 2.82 bits per heavy atom. The van der Waals surface area contributed by atoms with Crippen molar-refractivity contribution in [2.75, 3.05) is 18.0 Å². The lowest BCUT2D eigenvalue weighted by Crippen LogP contribution is -2.26. The number of hydrogen-bond donors (Lipinski definition) is 0. The molecule has 0 aliphatic carbocycles. The summed E-state index contributed by atoms with van der Waals surface area (Å²) in [5, 5.41) is 9.24. The summed E-state index contributed by atoms with van der Waals surface area (Å²) in [6.45, 7) is 4.31. The minimum absolute atomic E-state index is 0.292. The van der Waals surface area contributed by atoms with Crippen molar-refractivity contribution in [3.05, 3.63) is 59.8 Å². The second-order valence-corrected chi connectivity index (χ2v) is 6.45. The van der Waals surface area contributed by atoms with Gasteiger partial charge in [0.1, 0.15) is 11.9 Å². The van der Waals surface area contributed by atoms with Crippen LogP contribution in [-0.4, -0.2) is 18.1 Å². The van der Waals surface area contributed by atoms with Gasteiger partial charge in [-0.15, -0.1) is 0 Å². The normalized spacial score (nSPS) is 20.8. The summed E-state index contributed by atoms with van der Waals surface area (Å²) in [5.41, 5.74) is 2.37. The Morgan fingerprint density at radius 2 is 2.05 bits per heavy atom. The highest BCUT2D eigenvalue weighted by Gasteiger charge is 2.34. The molecule has 0 N–H and O–H groups in total. The lowest BCUT2D eigenvalue weighted by Gasteiger charge is -2.25. The molecule has 0 spiro atoms. The Hall–Kier alpha value is -2.34. The summed E-state index contributed by atoms with van der Waals surface area (Å²) in [4.78, 5) is 6.69. The molecular formula is C19H21N3. The van der Waals surface area contributed by atoms with Gasteiger partial charge in [0, 0.05) is 19.3 Å². The number of anilines is 1. The van der Waals surface area contributed by atoms with Crippen molar-refractivity contribution in [1.82, 2.24) is 4.98 Å². The van der Waals surface area contributed by atoms with Gasteiger partial charge in [0.15, 0.2) is 0 Å². The molecule has 1 aliphatic heterocycles. The number of aryl methyl sites for hydroxylation is 1. The first-order valence-electron chi connectivity index (χ1n) is 7.84. The molecule has 112 valence electrons. The summed E-state index contributed by atoms with van der Waals surface area (Å²) in [7, 11) is 0. The highest BCUT2D eigenvalue weighted by molar-refractivity contribution is 5.54. The number of pyridine rings is 1. The average Bonchev–Trinajstić information content (AvgIpc) is 2.97. The summed E-state index contributed by atoms with van der Waals surface area (Å²) < 4.78 is 0. The SMILES string of the molecule is CC1(CCc2ccccc2)CCN(c2ncccc2C#N)C1. The number of nitriles is 1. The Balaban J connectivity index is 1.67. The molecule has 2 aromatic rings. The van der Waals surface area contributed by atoms with Crippen LogP contribution in [0.1, 0.15) is 30.9 Å². The van der Waals surface area contributed by atoms with E-state index in [2.05, 4.69) is 53.2 Å². The molecule has 1 fully saturated rings. The van der Waals surface area contributed by atoms with Crippen molar-refractivity contribution < 1.29 is 0 Å². The van der Waals surface area contributed by atoms with E-state index >= 15 is 0 Å². The molecule has 3 nitrogen and oxygen atoms in total. The number of hydrogen-bond acceptors (Lipinski definition) is 3. The Morgan fingerprint density at radius 1 is 1.23 bits per heavy atom. The molecule has 2 heterocycles. The largest absolute Gasteiger partial charge is 0.355 e. The van der Waals surface area contributed by atoms with Crippen LogP contribution in [-0.2, 0) is 6.42 Å². The standard InChI is InChI=1S/C19H21N3/c1-19(10-9-16-6-3-2-4-7-16)11-13-22(15-19)18-17(14-20)8-5-12-21-18/h2-8,12H,9-11,13,15H2,1H3. The number of nitrogens with zero attached hydrogens (tertiary/aromatic N) is 3. The van der Waals surface area contributed by atoms with Crippen molar-refractivity contribution in [3.8, 4) is 6.07 Å². The Bertz CT molecular complexity index is 675. The van der Waals surface area contributed by atoms with E-state index in [0.717, 1.165) is 31.7 Å². The highest BCUT2D eigenvalue weighted by atomic mass is 15.2. The minimum atomic E-state index is 0.292. The van der Waals surface area contributed by atoms with Gasteiger partial charge in [-0.2, -0.15) is 5.26 Å². The number of aromatic nitrogens is 1. The number of rotatable bonds is 4. The third kappa shape index (κ3) is 3.12. The molecule has 1 unspecified atom stereocenters. The molecule has 0 saturated carbocycles. The number of benzene rings is 1. The van der Waals surface area contributed by atoms with Crippen molar-refractivity contribution in [2.24, 2.45) is 5.41 Å². The van der Waals surface area contributed by atoms with E-state index < -0.39 is 0 Å². The van der Waals surface area contributed by atoms with Crippen LogP contribution in [0.4, 0.5) is 5.82 Å². The lowest BCUT2D eigenvalue weighted by atomic mass is 9.83. The van der Waals surface area contributed by atoms with Gasteiger partial charge >= 0.3 is 0 Å². The molecule has 1 aromatic heterocycles. The molecule has 3 rings (SSSR count). The fourth-order valence-electron chi connectivity index (χ4n) is 3.24. The molecule has 3 heteroatoms. The van der Waals surface area contributed by atoms with Crippen molar-refractivity contribution in [1.29, 1.82) is 5.26 Å². The van der Waals surface area contributed by atoms with Gasteiger partial charge in [-0.05, 0) is 42.4 Å². The fourth-order valence-corrected chi connectivity index (χ4v) is 3.24. The quantitative estimate of drug-likeness (QED) is 0.860. The van der Waals surface area contributed by atoms with Crippen molar-refractivity contribution in [3.63, 3.8) is 0 Å². The zero-order valence-electron chi connectivity index (χ0n) is 13.0. The van der Waals surface area contributed by atoms with E-state index in [0.29, 0.717) is 11.0 Å². The first-order chi connectivity index (χ1) is 10.7. The monoisotopic (exact) mass is 291 g/mol. The maximum absolute atomic E-state index is 9.24. The fraction of sp³-hybridized carbons (Fsp3) is 0.368. The summed E-state index contributed by atoms with van der Waals surface area (Å²) in [5.74, 6) is 0.841. The average molecular weight is 291 g/mol. The van der Waals surface area contributed by atoms with Crippen LogP contribution in [0.25, 0.3) is 0 Å². The minimum Gasteiger partial charge on any atom is -0.355 e. The summed E-state index contributed by atoms with van der Waals surface area (Å²) in [6.07, 6.45) is 5.21. The van der Waals surface area contributed by atoms with Crippen LogP contribution in [0.2, 0.25) is 0 Å². The van der Waals surface area contributed by atoms with Crippen LogP contribution in [0.15, 0.2) is 48.7 Å². The van der Waals surface area contributed by atoms with Gasteiger partial charge in [0.2, 0.25) is 0 Å². The van der Waals surface area contributed by atoms with Gasteiger partial charge in [0.25, 0.3) is 0 Å². The van der Waals surface area contributed by atoms with Crippen molar-refractivity contribution in [2.45, 2.75) is 26.2 Å². The summed E-state index contributed by atoms with van der Waals surface area (Å²) >= 11 is 0. The van der Waals surface area contributed by atoms with Gasteiger partial charge in [0.05, 0.1) is 5.56 Å². The zero-order chi connectivity index (χ0) is 15.4. The molecule has 1 aliphatic rings. The van der Waals surface area contributed by atoms with E-state index in [4.69, 9.17) is 0 Å². The summed E-state index contributed by atoms with van der Waals surface area (Å²) in [6, 6.07) is 16.6. The second kappa shape index (κ2) is 6.19. The van der Waals surface area contributed by atoms with Crippen LogP contribution in [0.3, 0.4) is 0 Å². The maximum atomic E-state index is 9.24.